The van der Waals surface area contributed by atoms with Gasteiger partial charge in [0.05, 0.1) is 18.8 Å². The molecule has 0 aliphatic rings. The fourth-order valence-electron chi connectivity index (χ4n) is 2.09. The Morgan fingerprint density at radius 3 is 2.62 bits per heavy atom. The fourth-order valence-corrected chi connectivity index (χ4v) is 2.97. The number of likely N-dealkylation sites (N-methyl/N-ethyl adjacent to an activating group) is 1. The number of rotatable bonds is 6. The van der Waals surface area contributed by atoms with Crippen molar-refractivity contribution >= 4 is 17.3 Å². The molecule has 0 atom stereocenters. The highest BCUT2D eigenvalue weighted by Crippen LogP contribution is 2.16. The van der Waals surface area contributed by atoms with Crippen LogP contribution in [-0.4, -0.2) is 43.1 Å². The zero-order chi connectivity index (χ0) is 17.5. The Labute approximate surface area is 146 Å². The minimum atomic E-state index is -0.267. The highest BCUT2D eigenvalue weighted by atomic mass is 32.1. The number of aromatic nitrogens is 1. The third-order valence-corrected chi connectivity index (χ3v) is 4.63. The summed E-state index contributed by atoms with van der Waals surface area (Å²) in [6.07, 6.45) is 0. The SMILES string of the molecule is CN=C(NCc1nc(C)c(C)s1)N(C)CCOc1ccc(F)cc1. The van der Waals surface area contributed by atoms with Crippen molar-refractivity contribution < 1.29 is 9.13 Å². The summed E-state index contributed by atoms with van der Waals surface area (Å²) in [6.45, 7) is 5.88. The Balaban J connectivity index is 1.78. The summed E-state index contributed by atoms with van der Waals surface area (Å²) in [5, 5.41) is 4.34. The lowest BCUT2D eigenvalue weighted by molar-refractivity contribution is 0.281. The molecule has 5 nitrogen and oxygen atoms in total. The van der Waals surface area contributed by atoms with Gasteiger partial charge in [-0.2, -0.15) is 0 Å². The van der Waals surface area contributed by atoms with Gasteiger partial charge in [-0.1, -0.05) is 0 Å². The third-order valence-electron chi connectivity index (χ3n) is 3.55. The van der Waals surface area contributed by atoms with E-state index in [0.29, 0.717) is 25.4 Å². The zero-order valence-corrected chi connectivity index (χ0v) is 15.3. The molecule has 1 N–H and O–H groups in total. The van der Waals surface area contributed by atoms with Crippen molar-refractivity contribution in [2.45, 2.75) is 20.4 Å². The number of ether oxygens (including phenoxy) is 1. The molecular weight excluding hydrogens is 327 g/mol. The molecule has 0 amide bonds. The predicted molar refractivity (Wildman–Crippen MR) is 96.3 cm³/mol. The molecule has 2 rings (SSSR count). The average molecular weight is 350 g/mol. The first-order valence-corrected chi connectivity index (χ1v) is 8.54. The molecule has 0 fully saturated rings. The van der Waals surface area contributed by atoms with E-state index in [1.54, 1.807) is 30.5 Å². The molecule has 0 saturated heterocycles. The number of thiazole rings is 1. The summed E-state index contributed by atoms with van der Waals surface area (Å²) in [6, 6.07) is 6.01. The van der Waals surface area contributed by atoms with Crippen LogP contribution < -0.4 is 10.1 Å². The minimum Gasteiger partial charge on any atom is -0.492 e. The topological polar surface area (TPSA) is 49.8 Å². The van der Waals surface area contributed by atoms with E-state index in [-0.39, 0.29) is 5.82 Å². The van der Waals surface area contributed by atoms with E-state index in [4.69, 9.17) is 4.74 Å². The molecule has 1 aromatic carbocycles. The lowest BCUT2D eigenvalue weighted by atomic mass is 10.3. The number of benzene rings is 1. The number of nitrogens with zero attached hydrogens (tertiary/aromatic N) is 3. The Morgan fingerprint density at radius 2 is 2.04 bits per heavy atom. The van der Waals surface area contributed by atoms with Crippen LogP contribution in [0.5, 0.6) is 5.75 Å². The van der Waals surface area contributed by atoms with Crippen molar-refractivity contribution in [3.05, 3.63) is 45.7 Å². The van der Waals surface area contributed by atoms with Crippen molar-refractivity contribution in [2.24, 2.45) is 4.99 Å². The van der Waals surface area contributed by atoms with Gasteiger partial charge >= 0.3 is 0 Å². The molecule has 1 heterocycles. The Hall–Kier alpha value is -2.15. The van der Waals surface area contributed by atoms with Gasteiger partial charge in [0, 0.05) is 19.0 Å². The van der Waals surface area contributed by atoms with Gasteiger partial charge in [0.1, 0.15) is 23.2 Å². The van der Waals surface area contributed by atoms with Crippen LogP contribution in [0, 0.1) is 19.7 Å². The number of halogens is 1. The highest BCUT2D eigenvalue weighted by Gasteiger charge is 2.08. The summed E-state index contributed by atoms with van der Waals surface area (Å²) in [5.41, 5.74) is 1.08. The zero-order valence-electron chi connectivity index (χ0n) is 14.5. The highest BCUT2D eigenvalue weighted by molar-refractivity contribution is 7.11. The van der Waals surface area contributed by atoms with E-state index in [1.807, 2.05) is 18.9 Å². The largest absolute Gasteiger partial charge is 0.492 e. The molecule has 0 bridgehead atoms. The van der Waals surface area contributed by atoms with E-state index < -0.39 is 0 Å². The van der Waals surface area contributed by atoms with Crippen LogP contribution in [-0.2, 0) is 6.54 Å². The molecule has 0 saturated carbocycles. The fraction of sp³-hybridized carbons (Fsp3) is 0.412. The van der Waals surface area contributed by atoms with Crippen LogP contribution in [0.3, 0.4) is 0 Å². The average Bonchev–Trinajstić information content (AvgIpc) is 2.88. The lowest BCUT2D eigenvalue weighted by Crippen LogP contribution is -2.40. The van der Waals surface area contributed by atoms with Gasteiger partial charge in [0.2, 0.25) is 0 Å². The van der Waals surface area contributed by atoms with Crippen molar-refractivity contribution in [1.29, 1.82) is 0 Å². The maximum absolute atomic E-state index is 12.8. The summed E-state index contributed by atoms with van der Waals surface area (Å²) >= 11 is 1.69. The van der Waals surface area contributed by atoms with E-state index >= 15 is 0 Å². The van der Waals surface area contributed by atoms with Crippen LogP contribution in [0.1, 0.15) is 15.6 Å². The first kappa shape index (κ1) is 18.2. The van der Waals surface area contributed by atoms with Crippen molar-refractivity contribution in [3.8, 4) is 5.75 Å². The predicted octanol–water partition coefficient (Wildman–Crippen LogP) is 2.99. The standard InChI is InChI=1S/C17H23FN4OS/c1-12-13(2)24-16(21-12)11-20-17(19-3)22(4)9-10-23-15-7-5-14(18)6-8-15/h5-8H,9-11H2,1-4H3,(H,19,20). The van der Waals surface area contributed by atoms with E-state index in [9.17, 15) is 4.39 Å². The Morgan fingerprint density at radius 1 is 1.33 bits per heavy atom. The number of aliphatic imine (C=N–C) groups is 1. The van der Waals surface area contributed by atoms with Crippen LogP contribution in [0.15, 0.2) is 29.3 Å². The maximum atomic E-state index is 12.8. The minimum absolute atomic E-state index is 0.267. The second-order valence-corrected chi connectivity index (χ2v) is 6.66. The Bertz CT molecular complexity index is 665. The summed E-state index contributed by atoms with van der Waals surface area (Å²) in [5.74, 6) is 1.17. The molecule has 0 aliphatic carbocycles. The van der Waals surface area contributed by atoms with Crippen LogP contribution in [0.4, 0.5) is 4.39 Å². The monoisotopic (exact) mass is 350 g/mol. The molecule has 130 valence electrons. The molecule has 0 unspecified atom stereocenters. The molecule has 24 heavy (non-hydrogen) atoms. The second-order valence-electron chi connectivity index (χ2n) is 5.37. The molecule has 0 spiro atoms. The van der Waals surface area contributed by atoms with Crippen LogP contribution in [0.2, 0.25) is 0 Å². The molecule has 7 heteroatoms. The van der Waals surface area contributed by atoms with Gasteiger partial charge in [-0.15, -0.1) is 11.3 Å². The molecule has 0 radical (unpaired) electrons. The van der Waals surface area contributed by atoms with Crippen molar-refractivity contribution in [2.75, 3.05) is 27.2 Å². The molecule has 1 aromatic heterocycles. The molecule has 2 aromatic rings. The van der Waals surface area contributed by atoms with Crippen molar-refractivity contribution in [1.82, 2.24) is 15.2 Å². The summed E-state index contributed by atoms with van der Waals surface area (Å²) in [7, 11) is 3.69. The normalized spacial score (nSPS) is 11.5. The number of guanidine groups is 1. The van der Waals surface area contributed by atoms with Crippen LogP contribution in [0.25, 0.3) is 0 Å². The van der Waals surface area contributed by atoms with E-state index in [2.05, 4.69) is 22.2 Å². The quantitative estimate of drug-likeness (QED) is 0.643. The van der Waals surface area contributed by atoms with Gasteiger partial charge in [0.25, 0.3) is 0 Å². The van der Waals surface area contributed by atoms with E-state index in [0.717, 1.165) is 16.7 Å². The van der Waals surface area contributed by atoms with Gasteiger partial charge in [-0.3, -0.25) is 4.99 Å². The maximum Gasteiger partial charge on any atom is 0.193 e. The van der Waals surface area contributed by atoms with Gasteiger partial charge in [-0.25, -0.2) is 9.37 Å². The third kappa shape index (κ3) is 5.19. The number of nitrogens with one attached hydrogen (secondary N) is 1. The van der Waals surface area contributed by atoms with Gasteiger partial charge in [-0.05, 0) is 38.1 Å². The van der Waals surface area contributed by atoms with E-state index in [1.165, 1.54) is 17.0 Å². The molecule has 0 aliphatic heterocycles. The summed E-state index contributed by atoms with van der Waals surface area (Å²) < 4.78 is 18.5. The number of hydrogen-bond donors (Lipinski definition) is 1. The van der Waals surface area contributed by atoms with Crippen molar-refractivity contribution in [3.63, 3.8) is 0 Å². The van der Waals surface area contributed by atoms with Crippen LogP contribution >= 0.6 is 11.3 Å². The smallest absolute Gasteiger partial charge is 0.193 e. The van der Waals surface area contributed by atoms with Gasteiger partial charge in [0.15, 0.2) is 5.96 Å². The summed E-state index contributed by atoms with van der Waals surface area (Å²) in [4.78, 5) is 12.0. The molecular formula is C17H23FN4OS. The number of aryl methyl sites for hydroxylation is 2. The first-order valence-electron chi connectivity index (χ1n) is 7.72. The lowest BCUT2D eigenvalue weighted by Gasteiger charge is -2.21. The Kier molecular flexibility index (Phi) is 6.54. The first-order chi connectivity index (χ1) is 11.5. The second kappa shape index (κ2) is 8.63. The van der Waals surface area contributed by atoms with Gasteiger partial charge < -0.3 is 15.0 Å². The number of hydrogen-bond acceptors (Lipinski definition) is 4.